The number of anilines is 1. The van der Waals surface area contributed by atoms with Gasteiger partial charge in [-0.1, -0.05) is 6.92 Å². The number of rotatable bonds is 6. The van der Waals surface area contributed by atoms with Gasteiger partial charge >= 0.3 is 0 Å². The molecule has 140 valence electrons. The Kier molecular flexibility index (Phi) is 5.82. The maximum atomic E-state index is 12.2. The van der Waals surface area contributed by atoms with E-state index in [1.54, 1.807) is 13.3 Å². The van der Waals surface area contributed by atoms with E-state index in [9.17, 15) is 4.79 Å². The van der Waals surface area contributed by atoms with Crippen LogP contribution in [0.1, 0.15) is 42.8 Å². The Labute approximate surface area is 153 Å². The molecule has 0 saturated heterocycles. The van der Waals surface area contributed by atoms with E-state index in [1.807, 2.05) is 24.9 Å². The van der Waals surface area contributed by atoms with Gasteiger partial charge in [0.15, 0.2) is 0 Å². The summed E-state index contributed by atoms with van der Waals surface area (Å²) in [6.45, 7) is 5.51. The molecule has 2 aromatic rings. The molecule has 2 aromatic heterocycles. The molecule has 1 aliphatic rings. The van der Waals surface area contributed by atoms with Crippen LogP contribution in [-0.2, 0) is 28.8 Å². The molecule has 0 radical (unpaired) electrons. The number of imidazole rings is 1. The van der Waals surface area contributed by atoms with Gasteiger partial charge < -0.3 is 19.9 Å². The van der Waals surface area contributed by atoms with Gasteiger partial charge in [-0.25, -0.2) is 15.0 Å². The lowest BCUT2D eigenvalue weighted by Gasteiger charge is -2.19. The third-order valence-electron chi connectivity index (χ3n) is 4.61. The van der Waals surface area contributed by atoms with Crippen LogP contribution in [0.4, 0.5) is 5.82 Å². The Morgan fingerprint density at radius 1 is 1.38 bits per heavy atom. The van der Waals surface area contributed by atoms with E-state index in [0.717, 1.165) is 48.0 Å². The molecule has 8 heteroatoms. The van der Waals surface area contributed by atoms with Crippen molar-refractivity contribution >= 4 is 11.7 Å². The predicted molar refractivity (Wildman–Crippen MR) is 97.9 cm³/mol. The highest BCUT2D eigenvalue weighted by atomic mass is 16.5. The van der Waals surface area contributed by atoms with E-state index in [2.05, 4.69) is 15.3 Å². The largest absolute Gasteiger partial charge is 0.375 e. The first-order valence-electron chi connectivity index (χ1n) is 9.03. The summed E-state index contributed by atoms with van der Waals surface area (Å²) >= 11 is 0. The summed E-state index contributed by atoms with van der Waals surface area (Å²) in [6.07, 6.45) is 5.77. The van der Waals surface area contributed by atoms with E-state index in [4.69, 9.17) is 14.7 Å². The Morgan fingerprint density at radius 3 is 2.88 bits per heavy atom. The maximum Gasteiger partial charge on any atom is 0.248 e. The van der Waals surface area contributed by atoms with Gasteiger partial charge in [0.1, 0.15) is 24.1 Å². The minimum Gasteiger partial charge on any atom is -0.375 e. The van der Waals surface area contributed by atoms with Crippen molar-refractivity contribution in [3.63, 3.8) is 0 Å². The van der Waals surface area contributed by atoms with E-state index < -0.39 is 0 Å². The molecule has 2 N–H and O–H groups in total. The summed E-state index contributed by atoms with van der Waals surface area (Å²) in [5, 5.41) is 3.47. The molecule has 8 nitrogen and oxygen atoms in total. The molecule has 1 aliphatic heterocycles. The molecule has 3 rings (SSSR count). The number of nitrogens with zero attached hydrogens (tertiary/aromatic N) is 4. The molecule has 0 unspecified atom stereocenters. The van der Waals surface area contributed by atoms with Gasteiger partial charge in [-0.15, -0.1) is 0 Å². The lowest BCUT2D eigenvalue weighted by atomic mass is 10.1. The molecule has 1 atom stereocenters. The second kappa shape index (κ2) is 8.27. The number of aromatic amines is 1. The summed E-state index contributed by atoms with van der Waals surface area (Å²) in [5.74, 6) is 2.54. The number of ether oxygens (including phenoxy) is 1. The number of H-pyrrole nitrogens is 1. The van der Waals surface area contributed by atoms with Crippen LogP contribution < -0.4 is 5.32 Å². The van der Waals surface area contributed by atoms with Crippen molar-refractivity contribution in [2.45, 2.75) is 39.2 Å². The standard InChI is InChI=1S/C18H26N6O2/c1-4-15-22-14-6-10-24(16(25)11-26-3)9-5-13(14)18(23-15)21-12(2)17-19-7-8-20-17/h7-8,12H,4-6,9-11H2,1-3H3,(H,19,20)(H,21,22,23)/t12-/m1/s1. The lowest BCUT2D eigenvalue weighted by Crippen LogP contribution is -2.35. The van der Waals surface area contributed by atoms with Gasteiger partial charge in [0.05, 0.1) is 11.7 Å². The number of hydrogen-bond donors (Lipinski definition) is 2. The van der Waals surface area contributed by atoms with Gasteiger partial charge in [-0.2, -0.15) is 0 Å². The van der Waals surface area contributed by atoms with Crippen LogP contribution in [0.5, 0.6) is 0 Å². The van der Waals surface area contributed by atoms with Gasteiger partial charge in [0.25, 0.3) is 0 Å². The van der Waals surface area contributed by atoms with E-state index >= 15 is 0 Å². The quantitative estimate of drug-likeness (QED) is 0.813. The van der Waals surface area contributed by atoms with Crippen LogP contribution in [-0.4, -0.2) is 57.5 Å². The topological polar surface area (TPSA) is 96.0 Å². The van der Waals surface area contributed by atoms with Crippen LogP contribution in [0.2, 0.25) is 0 Å². The zero-order valence-corrected chi connectivity index (χ0v) is 15.6. The van der Waals surface area contributed by atoms with Gasteiger partial charge in [0.2, 0.25) is 5.91 Å². The first kappa shape index (κ1) is 18.3. The number of amides is 1. The van der Waals surface area contributed by atoms with Gasteiger partial charge in [0, 0.05) is 51.0 Å². The van der Waals surface area contributed by atoms with E-state index in [0.29, 0.717) is 13.1 Å². The van der Waals surface area contributed by atoms with Crippen molar-refractivity contribution in [2.24, 2.45) is 0 Å². The fourth-order valence-electron chi connectivity index (χ4n) is 3.18. The molecule has 0 spiro atoms. The molecule has 26 heavy (non-hydrogen) atoms. The summed E-state index contributed by atoms with van der Waals surface area (Å²) in [6, 6.07) is 0.00295. The first-order valence-corrected chi connectivity index (χ1v) is 9.03. The van der Waals surface area contributed by atoms with Crippen molar-refractivity contribution in [2.75, 3.05) is 32.1 Å². The zero-order chi connectivity index (χ0) is 18.5. The van der Waals surface area contributed by atoms with E-state index in [1.165, 1.54) is 0 Å². The molecule has 0 bridgehead atoms. The minimum atomic E-state index is 0.00295. The number of methoxy groups -OCH3 is 1. The smallest absolute Gasteiger partial charge is 0.248 e. The van der Waals surface area contributed by atoms with Crippen LogP contribution in [0.3, 0.4) is 0 Å². The number of nitrogens with one attached hydrogen (secondary N) is 2. The van der Waals surface area contributed by atoms with Crippen LogP contribution in [0.25, 0.3) is 0 Å². The number of carbonyl (C=O) groups is 1. The summed E-state index contributed by atoms with van der Waals surface area (Å²) < 4.78 is 4.99. The Morgan fingerprint density at radius 2 is 2.19 bits per heavy atom. The second-order valence-corrected chi connectivity index (χ2v) is 6.42. The molecule has 0 saturated carbocycles. The van der Waals surface area contributed by atoms with Crippen LogP contribution in [0, 0.1) is 0 Å². The highest BCUT2D eigenvalue weighted by Gasteiger charge is 2.23. The lowest BCUT2D eigenvalue weighted by molar-refractivity contribution is -0.135. The highest BCUT2D eigenvalue weighted by molar-refractivity contribution is 5.77. The fourth-order valence-corrected chi connectivity index (χ4v) is 3.18. The number of carbonyl (C=O) groups excluding carboxylic acids is 1. The monoisotopic (exact) mass is 358 g/mol. The number of aromatic nitrogens is 4. The minimum absolute atomic E-state index is 0.00295. The molecule has 0 aromatic carbocycles. The SMILES string of the molecule is CCc1nc2c(c(N[C@H](C)c3ncc[nH]3)n1)CCN(C(=O)COC)CC2. The highest BCUT2D eigenvalue weighted by Crippen LogP contribution is 2.25. The Balaban J connectivity index is 1.84. The van der Waals surface area contributed by atoms with Gasteiger partial charge in [-0.3, -0.25) is 4.79 Å². The molecular weight excluding hydrogens is 332 g/mol. The Hall–Kier alpha value is -2.48. The molecule has 0 aliphatic carbocycles. The summed E-state index contributed by atoms with van der Waals surface area (Å²) in [4.78, 5) is 30.9. The average Bonchev–Trinajstić information content (AvgIpc) is 3.09. The fraction of sp³-hybridized carbons (Fsp3) is 0.556. The average molecular weight is 358 g/mol. The molecule has 1 amide bonds. The number of fused-ring (bicyclic) bond motifs is 1. The number of hydrogen-bond acceptors (Lipinski definition) is 6. The third-order valence-corrected chi connectivity index (χ3v) is 4.61. The second-order valence-electron chi connectivity index (χ2n) is 6.42. The molecule has 3 heterocycles. The number of aryl methyl sites for hydroxylation is 1. The Bertz CT molecular complexity index is 746. The predicted octanol–water partition coefficient (Wildman–Crippen LogP) is 1.51. The third kappa shape index (κ3) is 4.01. The van der Waals surface area contributed by atoms with Crippen LogP contribution >= 0.6 is 0 Å². The van der Waals surface area contributed by atoms with Crippen molar-refractivity contribution in [3.05, 3.63) is 35.3 Å². The zero-order valence-electron chi connectivity index (χ0n) is 15.6. The van der Waals surface area contributed by atoms with Crippen molar-refractivity contribution in [3.8, 4) is 0 Å². The molecular formula is C18H26N6O2. The van der Waals surface area contributed by atoms with Crippen LogP contribution in [0.15, 0.2) is 12.4 Å². The van der Waals surface area contributed by atoms with Crippen molar-refractivity contribution in [1.29, 1.82) is 0 Å². The maximum absolute atomic E-state index is 12.2. The van der Waals surface area contributed by atoms with Crippen molar-refractivity contribution in [1.82, 2.24) is 24.8 Å². The van der Waals surface area contributed by atoms with E-state index in [-0.39, 0.29) is 18.6 Å². The molecule has 0 fully saturated rings. The normalized spacial score (nSPS) is 15.3. The summed E-state index contributed by atoms with van der Waals surface area (Å²) in [7, 11) is 1.54. The van der Waals surface area contributed by atoms with Crippen molar-refractivity contribution < 1.29 is 9.53 Å². The first-order chi connectivity index (χ1) is 12.6. The van der Waals surface area contributed by atoms with Gasteiger partial charge in [-0.05, 0) is 13.3 Å². The summed E-state index contributed by atoms with van der Waals surface area (Å²) in [5.41, 5.74) is 2.12.